The number of aryl methyl sites for hydroxylation is 2. The van der Waals surface area contributed by atoms with Gasteiger partial charge in [-0.2, -0.15) is 0 Å². The van der Waals surface area contributed by atoms with Gasteiger partial charge >= 0.3 is 0 Å². The van der Waals surface area contributed by atoms with Gasteiger partial charge in [0.25, 0.3) is 0 Å². The average molecular weight is 539 g/mol. The molecule has 0 bridgehead atoms. The molecule has 0 heterocycles. The summed E-state index contributed by atoms with van der Waals surface area (Å²) in [7, 11) is -3.74. The minimum atomic E-state index is -3.74. The van der Waals surface area contributed by atoms with Crippen LogP contribution in [0.1, 0.15) is 37.0 Å². The number of nitrogens with one attached hydrogen (secondary N) is 1. The van der Waals surface area contributed by atoms with E-state index in [2.05, 4.69) is 21.2 Å². The Morgan fingerprint density at radius 1 is 1.09 bits per heavy atom. The normalized spacial score (nSPS) is 12.2. The van der Waals surface area contributed by atoms with Gasteiger partial charge in [-0.05, 0) is 56.5 Å². The van der Waals surface area contributed by atoms with E-state index in [0.29, 0.717) is 12.2 Å². The maximum atomic E-state index is 13.5. The molecule has 1 atom stereocenters. The number of anilines is 1. The van der Waals surface area contributed by atoms with Crippen molar-refractivity contribution in [3.8, 4) is 0 Å². The Morgan fingerprint density at radius 3 is 2.27 bits per heavy atom. The van der Waals surface area contributed by atoms with Crippen LogP contribution in [0.15, 0.2) is 46.9 Å². The number of nitrogens with zero attached hydrogens (tertiary/aromatic N) is 2. The number of hydrogen-bond donors (Lipinski definition) is 1. The van der Waals surface area contributed by atoms with E-state index < -0.39 is 28.5 Å². The molecule has 33 heavy (non-hydrogen) atoms. The lowest BCUT2D eigenvalue weighted by molar-refractivity contribution is -0.139. The number of sulfonamides is 1. The SMILES string of the molecule is CCCNC(=O)[C@H](C)N(Cc1ccc(Br)cc1)C(=O)CN(c1ccc(C)cc1C)S(C)(=O)=O. The summed E-state index contributed by atoms with van der Waals surface area (Å²) >= 11 is 3.40. The Labute approximate surface area is 205 Å². The number of hydrogen-bond acceptors (Lipinski definition) is 4. The molecule has 2 aromatic rings. The van der Waals surface area contributed by atoms with E-state index in [9.17, 15) is 18.0 Å². The third kappa shape index (κ3) is 7.57. The van der Waals surface area contributed by atoms with Crippen LogP contribution in [0.2, 0.25) is 0 Å². The highest BCUT2D eigenvalue weighted by Crippen LogP contribution is 2.24. The Bertz CT molecular complexity index is 1090. The average Bonchev–Trinajstić information content (AvgIpc) is 2.74. The molecule has 0 aliphatic rings. The van der Waals surface area contributed by atoms with Crippen molar-refractivity contribution in [1.82, 2.24) is 10.2 Å². The van der Waals surface area contributed by atoms with Gasteiger partial charge in [0.05, 0.1) is 11.9 Å². The molecule has 0 fully saturated rings. The summed E-state index contributed by atoms with van der Waals surface area (Å²) < 4.78 is 27.3. The van der Waals surface area contributed by atoms with Crippen molar-refractivity contribution < 1.29 is 18.0 Å². The van der Waals surface area contributed by atoms with Gasteiger partial charge in [-0.15, -0.1) is 0 Å². The number of rotatable bonds is 10. The third-order valence-corrected chi connectivity index (χ3v) is 6.94. The molecule has 1 N–H and O–H groups in total. The van der Waals surface area contributed by atoms with Crippen molar-refractivity contribution in [2.45, 2.75) is 46.7 Å². The Hall–Kier alpha value is -2.39. The molecule has 0 aliphatic heterocycles. The Balaban J connectivity index is 2.39. The van der Waals surface area contributed by atoms with Crippen molar-refractivity contribution in [3.63, 3.8) is 0 Å². The van der Waals surface area contributed by atoms with E-state index in [1.54, 1.807) is 13.0 Å². The zero-order valence-corrected chi connectivity index (χ0v) is 22.2. The lowest BCUT2D eigenvalue weighted by atomic mass is 10.1. The highest BCUT2D eigenvalue weighted by atomic mass is 79.9. The quantitative estimate of drug-likeness (QED) is 0.499. The fourth-order valence-electron chi connectivity index (χ4n) is 3.45. The van der Waals surface area contributed by atoms with Crippen molar-refractivity contribution in [2.24, 2.45) is 0 Å². The van der Waals surface area contributed by atoms with Crippen LogP contribution in [0.3, 0.4) is 0 Å². The first-order chi connectivity index (χ1) is 15.4. The van der Waals surface area contributed by atoms with Gasteiger partial charge in [-0.1, -0.05) is 52.7 Å². The van der Waals surface area contributed by atoms with E-state index in [1.165, 1.54) is 4.90 Å². The van der Waals surface area contributed by atoms with Crippen molar-refractivity contribution in [1.29, 1.82) is 0 Å². The number of halogens is 1. The predicted molar refractivity (Wildman–Crippen MR) is 136 cm³/mol. The first-order valence-electron chi connectivity index (χ1n) is 10.8. The molecule has 180 valence electrons. The molecule has 0 aliphatic carbocycles. The zero-order valence-electron chi connectivity index (χ0n) is 19.8. The minimum absolute atomic E-state index is 0.178. The van der Waals surface area contributed by atoms with Crippen molar-refractivity contribution in [2.75, 3.05) is 23.7 Å². The summed E-state index contributed by atoms with van der Waals surface area (Å²) in [6, 6.07) is 12.1. The van der Waals surface area contributed by atoms with Crippen LogP contribution in [0.4, 0.5) is 5.69 Å². The standard InChI is InChI=1S/C24H32BrN3O4S/c1-6-13-26-24(30)19(4)27(15-20-8-10-21(25)11-9-20)23(29)16-28(33(5,31)32)22-12-7-17(2)14-18(22)3/h7-12,14,19H,6,13,15-16H2,1-5H3,(H,26,30)/t19-/m0/s1. The van der Waals surface area contributed by atoms with Gasteiger partial charge in [0.15, 0.2) is 0 Å². The molecule has 2 rings (SSSR count). The second-order valence-corrected chi connectivity index (χ2v) is 11.0. The van der Waals surface area contributed by atoms with Gasteiger partial charge in [-0.3, -0.25) is 13.9 Å². The number of amides is 2. The number of benzene rings is 2. The highest BCUT2D eigenvalue weighted by Gasteiger charge is 2.30. The molecular formula is C24H32BrN3O4S. The molecule has 9 heteroatoms. The maximum absolute atomic E-state index is 13.5. The molecule has 0 radical (unpaired) electrons. The van der Waals surface area contributed by atoms with E-state index in [-0.39, 0.29) is 12.5 Å². The smallest absolute Gasteiger partial charge is 0.244 e. The second kappa shape index (κ2) is 11.7. The summed E-state index contributed by atoms with van der Waals surface area (Å²) in [6.07, 6.45) is 1.85. The van der Waals surface area contributed by atoms with E-state index in [1.807, 2.05) is 57.2 Å². The van der Waals surface area contributed by atoms with E-state index in [0.717, 1.165) is 38.1 Å². The highest BCUT2D eigenvalue weighted by molar-refractivity contribution is 9.10. The second-order valence-electron chi connectivity index (χ2n) is 8.17. The first-order valence-corrected chi connectivity index (χ1v) is 13.4. The largest absolute Gasteiger partial charge is 0.354 e. The monoisotopic (exact) mass is 537 g/mol. The van der Waals surface area contributed by atoms with Crippen LogP contribution in [-0.4, -0.2) is 50.5 Å². The van der Waals surface area contributed by atoms with Gasteiger partial charge in [0, 0.05) is 17.6 Å². The van der Waals surface area contributed by atoms with Gasteiger partial charge in [0.1, 0.15) is 12.6 Å². The Morgan fingerprint density at radius 2 is 1.73 bits per heavy atom. The molecule has 2 aromatic carbocycles. The molecule has 2 amide bonds. The van der Waals surface area contributed by atoms with Crippen molar-refractivity contribution >= 4 is 43.5 Å². The van der Waals surface area contributed by atoms with Crippen LogP contribution in [0, 0.1) is 13.8 Å². The maximum Gasteiger partial charge on any atom is 0.244 e. The molecule has 0 spiro atoms. The van der Waals surface area contributed by atoms with Crippen LogP contribution in [-0.2, 0) is 26.2 Å². The first kappa shape index (κ1) is 26.9. The Kier molecular flexibility index (Phi) is 9.48. The topological polar surface area (TPSA) is 86.8 Å². The van der Waals surface area contributed by atoms with E-state index in [4.69, 9.17) is 0 Å². The number of carbonyl (C=O) groups excluding carboxylic acids is 2. The number of carbonyl (C=O) groups is 2. The summed E-state index contributed by atoms with van der Waals surface area (Å²) in [4.78, 5) is 27.6. The molecule has 0 saturated heterocycles. The lowest BCUT2D eigenvalue weighted by Gasteiger charge is -2.32. The van der Waals surface area contributed by atoms with Gasteiger partial charge in [0.2, 0.25) is 21.8 Å². The van der Waals surface area contributed by atoms with Crippen LogP contribution in [0.5, 0.6) is 0 Å². The zero-order chi connectivity index (χ0) is 24.8. The lowest BCUT2D eigenvalue weighted by Crippen LogP contribution is -2.51. The van der Waals surface area contributed by atoms with Crippen LogP contribution in [0.25, 0.3) is 0 Å². The fraction of sp³-hybridized carbons (Fsp3) is 0.417. The summed E-state index contributed by atoms with van der Waals surface area (Å²) in [6.45, 7) is 7.62. The van der Waals surface area contributed by atoms with Gasteiger partial charge < -0.3 is 10.2 Å². The van der Waals surface area contributed by atoms with Crippen molar-refractivity contribution in [3.05, 3.63) is 63.6 Å². The summed E-state index contributed by atoms with van der Waals surface area (Å²) in [5.74, 6) is -0.734. The third-order valence-electron chi connectivity index (χ3n) is 5.28. The van der Waals surface area contributed by atoms with Gasteiger partial charge in [-0.25, -0.2) is 8.42 Å². The molecule has 7 nitrogen and oxygen atoms in total. The predicted octanol–water partition coefficient (Wildman–Crippen LogP) is 3.78. The summed E-state index contributed by atoms with van der Waals surface area (Å²) in [5.41, 5.74) is 3.03. The molecule has 0 aromatic heterocycles. The van der Waals surface area contributed by atoms with Crippen LogP contribution < -0.4 is 9.62 Å². The summed E-state index contributed by atoms with van der Waals surface area (Å²) in [5, 5.41) is 2.82. The van der Waals surface area contributed by atoms with Crippen LogP contribution >= 0.6 is 15.9 Å². The minimum Gasteiger partial charge on any atom is -0.354 e. The fourth-order valence-corrected chi connectivity index (χ4v) is 4.62. The molecule has 0 unspecified atom stereocenters. The van der Waals surface area contributed by atoms with E-state index >= 15 is 0 Å². The molecule has 0 saturated carbocycles. The molecular weight excluding hydrogens is 506 g/mol.